The maximum absolute atomic E-state index is 5.69. The van der Waals surface area contributed by atoms with Crippen LogP contribution in [0.2, 0.25) is 0 Å². The van der Waals surface area contributed by atoms with Gasteiger partial charge in [-0.25, -0.2) is 0 Å². The first-order chi connectivity index (χ1) is 8.06. The van der Waals surface area contributed by atoms with Gasteiger partial charge in [0.1, 0.15) is 0 Å². The van der Waals surface area contributed by atoms with Crippen LogP contribution >= 0.6 is 0 Å². The second-order valence-corrected chi connectivity index (χ2v) is 4.32. The zero-order chi connectivity index (χ0) is 12.4. The zero-order valence-electron chi connectivity index (χ0n) is 10.4. The van der Waals surface area contributed by atoms with Gasteiger partial charge in [0.15, 0.2) is 0 Å². The number of morpholine rings is 1. The van der Waals surface area contributed by atoms with Crippen molar-refractivity contribution in [2.24, 2.45) is 0 Å². The Labute approximate surface area is 101 Å². The summed E-state index contributed by atoms with van der Waals surface area (Å²) in [5, 5.41) is 0. The number of hydrogen-bond acceptors (Lipinski definition) is 7. The number of hydrogen-bond donors (Lipinski definition) is 1. The molecule has 1 unspecified atom stereocenters. The van der Waals surface area contributed by atoms with Crippen LogP contribution in [0.1, 0.15) is 6.92 Å². The summed E-state index contributed by atoms with van der Waals surface area (Å²) < 4.78 is 5.48. The average molecular weight is 238 g/mol. The van der Waals surface area contributed by atoms with Crippen molar-refractivity contribution in [3.05, 3.63) is 0 Å². The molecule has 0 radical (unpaired) electrons. The van der Waals surface area contributed by atoms with Gasteiger partial charge < -0.3 is 20.3 Å². The van der Waals surface area contributed by atoms with Crippen LogP contribution in [0.3, 0.4) is 0 Å². The molecule has 0 spiro atoms. The second kappa shape index (κ2) is 4.70. The lowest BCUT2D eigenvalue weighted by molar-refractivity contribution is 0.0526. The molecule has 0 saturated carbocycles. The number of nitrogens with zero attached hydrogens (tertiary/aromatic N) is 5. The topological polar surface area (TPSA) is 80.4 Å². The van der Waals surface area contributed by atoms with Crippen molar-refractivity contribution in [1.29, 1.82) is 0 Å². The molecule has 0 aliphatic carbocycles. The second-order valence-electron chi connectivity index (χ2n) is 4.32. The van der Waals surface area contributed by atoms with Gasteiger partial charge in [-0.15, -0.1) is 0 Å². The zero-order valence-corrected chi connectivity index (χ0v) is 10.4. The molecule has 1 fully saturated rings. The van der Waals surface area contributed by atoms with Crippen LogP contribution in [0.15, 0.2) is 0 Å². The number of rotatable bonds is 2. The Morgan fingerprint density at radius 3 is 2.76 bits per heavy atom. The lowest BCUT2D eigenvalue weighted by Gasteiger charge is -2.31. The van der Waals surface area contributed by atoms with Crippen LogP contribution < -0.4 is 15.5 Å². The normalized spacial score (nSPS) is 20.4. The van der Waals surface area contributed by atoms with E-state index in [2.05, 4.69) is 19.9 Å². The van der Waals surface area contributed by atoms with E-state index in [1.54, 1.807) is 0 Å². The van der Waals surface area contributed by atoms with Crippen molar-refractivity contribution >= 4 is 17.8 Å². The van der Waals surface area contributed by atoms with E-state index in [-0.39, 0.29) is 12.1 Å². The molecule has 1 aromatic heterocycles. The quantitative estimate of drug-likeness (QED) is 0.760. The Hall–Kier alpha value is -1.63. The molecule has 2 heterocycles. The molecule has 2 N–H and O–H groups in total. The minimum atomic E-state index is 0.185. The van der Waals surface area contributed by atoms with E-state index in [1.807, 2.05) is 25.9 Å². The first-order valence-electron chi connectivity index (χ1n) is 5.61. The van der Waals surface area contributed by atoms with Gasteiger partial charge in [0.2, 0.25) is 17.8 Å². The Bertz CT molecular complexity index is 396. The summed E-state index contributed by atoms with van der Waals surface area (Å²) in [4.78, 5) is 16.5. The maximum Gasteiger partial charge on any atom is 0.232 e. The predicted molar refractivity (Wildman–Crippen MR) is 66.2 cm³/mol. The standard InChI is InChI=1S/C10H18N6O/c1-7-6-16(4-5-17-7)10-13-8(11)12-9(14-10)15(2)3/h7H,4-6H2,1-3H3,(H2,11,12,13,14). The van der Waals surface area contributed by atoms with Crippen molar-refractivity contribution in [1.82, 2.24) is 15.0 Å². The molecular weight excluding hydrogens is 220 g/mol. The third-order valence-corrected chi connectivity index (χ3v) is 2.55. The Morgan fingerprint density at radius 1 is 1.35 bits per heavy atom. The first kappa shape index (κ1) is 11.8. The SMILES string of the molecule is CC1CN(c2nc(N)nc(N(C)C)n2)CCO1. The molecule has 1 aliphatic rings. The molecule has 7 heteroatoms. The van der Waals surface area contributed by atoms with E-state index in [1.165, 1.54) is 0 Å². The molecule has 1 saturated heterocycles. The highest BCUT2D eigenvalue weighted by Gasteiger charge is 2.20. The lowest BCUT2D eigenvalue weighted by atomic mass is 10.3. The van der Waals surface area contributed by atoms with Crippen molar-refractivity contribution in [2.75, 3.05) is 49.3 Å². The summed E-state index contributed by atoms with van der Waals surface area (Å²) in [6, 6.07) is 0. The number of nitrogens with two attached hydrogens (primary N) is 1. The van der Waals surface area contributed by atoms with Gasteiger partial charge in [-0.3, -0.25) is 0 Å². The van der Waals surface area contributed by atoms with Crippen molar-refractivity contribution in [3.8, 4) is 0 Å². The van der Waals surface area contributed by atoms with Crippen LogP contribution in [0.25, 0.3) is 0 Å². The van der Waals surface area contributed by atoms with E-state index >= 15 is 0 Å². The van der Waals surface area contributed by atoms with E-state index in [0.29, 0.717) is 18.5 Å². The minimum Gasteiger partial charge on any atom is -0.375 e. The Kier molecular flexibility index (Phi) is 3.28. The third-order valence-electron chi connectivity index (χ3n) is 2.55. The molecule has 0 bridgehead atoms. The van der Waals surface area contributed by atoms with E-state index < -0.39 is 0 Å². The lowest BCUT2D eigenvalue weighted by Crippen LogP contribution is -2.42. The molecule has 1 aliphatic heterocycles. The maximum atomic E-state index is 5.69. The van der Waals surface area contributed by atoms with Crippen LogP contribution in [-0.4, -0.2) is 54.8 Å². The van der Waals surface area contributed by atoms with E-state index in [9.17, 15) is 0 Å². The van der Waals surface area contributed by atoms with Gasteiger partial charge >= 0.3 is 0 Å². The number of anilines is 3. The molecular formula is C10H18N6O. The Morgan fingerprint density at radius 2 is 2.12 bits per heavy atom. The van der Waals surface area contributed by atoms with Gasteiger partial charge in [-0.2, -0.15) is 15.0 Å². The fourth-order valence-corrected chi connectivity index (χ4v) is 1.71. The van der Waals surface area contributed by atoms with Crippen molar-refractivity contribution in [3.63, 3.8) is 0 Å². The number of ether oxygens (including phenoxy) is 1. The highest BCUT2D eigenvalue weighted by molar-refractivity contribution is 5.42. The summed E-state index contributed by atoms with van der Waals surface area (Å²) in [5.74, 6) is 1.45. The molecule has 17 heavy (non-hydrogen) atoms. The summed E-state index contributed by atoms with van der Waals surface area (Å²) in [5.41, 5.74) is 5.69. The fourth-order valence-electron chi connectivity index (χ4n) is 1.71. The summed E-state index contributed by atoms with van der Waals surface area (Å²) >= 11 is 0. The predicted octanol–water partition coefficient (Wildman–Crippen LogP) is -0.255. The third kappa shape index (κ3) is 2.73. The Balaban J connectivity index is 2.25. The molecule has 1 atom stereocenters. The number of aromatic nitrogens is 3. The highest BCUT2D eigenvalue weighted by Crippen LogP contribution is 2.16. The smallest absolute Gasteiger partial charge is 0.232 e. The summed E-state index contributed by atoms with van der Waals surface area (Å²) in [6.07, 6.45) is 0.185. The van der Waals surface area contributed by atoms with E-state index in [0.717, 1.165) is 13.1 Å². The summed E-state index contributed by atoms with van der Waals surface area (Å²) in [7, 11) is 3.75. The number of nitrogen functional groups attached to an aromatic ring is 1. The minimum absolute atomic E-state index is 0.185. The van der Waals surface area contributed by atoms with Gasteiger partial charge in [0, 0.05) is 27.2 Å². The van der Waals surface area contributed by atoms with Crippen molar-refractivity contribution in [2.45, 2.75) is 13.0 Å². The molecule has 1 aromatic rings. The van der Waals surface area contributed by atoms with Crippen LogP contribution in [0.5, 0.6) is 0 Å². The van der Waals surface area contributed by atoms with Gasteiger partial charge in [0.25, 0.3) is 0 Å². The monoisotopic (exact) mass is 238 g/mol. The van der Waals surface area contributed by atoms with Crippen LogP contribution in [-0.2, 0) is 4.74 Å². The molecule has 94 valence electrons. The van der Waals surface area contributed by atoms with Crippen LogP contribution in [0.4, 0.5) is 17.8 Å². The molecule has 0 aromatic carbocycles. The largest absolute Gasteiger partial charge is 0.375 e. The van der Waals surface area contributed by atoms with Gasteiger partial charge in [-0.05, 0) is 6.92 Å². The molecule has 2 rings (SSSR count). The average Bonchev–Trinajstić information content (AvgIpc) is 2.28. The van der Waals surface area contributed by atoms with Gasteiger partial charge in [-0.1, -0.05) is 0 Å². The fraction of sp³-hybridized carbons (Fsp3) is 0.700. The van der Waals surface area contributed by atoms with E-state index in [4.69, 9.17) is 10.5 Å². The van der Waals surface area contributed by atoms with Crippen LogP contribution in [0, 0.1) is 0 Å². The highest BCUT2D eigenvalue weighted by atomic mass is 16.5. The molecule has 7 nitrogen and oxygen atoms in total. The molecule has 0 amide bonds. The first-order valence-corrected chi connectivity index (χ1v) is 5.61. The summed E-state index contributed by atoms with van der Waals surface area (Å²) in [6.45, 7) is 4.27. The van der Waals surface area contributed by atoms with Crippen molar-refractivity contribution < 1.29 is 4.74 Å². The van der Waals surface area contributed by atoms with Gasteiger partial charge in [0.05, 0.1) is 12.7 Å².